The molecule has 0 spiro atoms. The molecule has 1 aliphatic carbocycles. The number of aliphatic carboxylic acids is 1. The standard InChI is InChI=1S/C7H11NO4S/c9-7(10)6-3-4-8(6)13(11,12)5-1-2-5/h5-6H,1-4H2,(H,9,10)/t6-/m0/s1. The highest BCUT2D eigenvalue weighted by Gasteiger charge is 2.48. The molecule has 0 unspecified atom stereocenters. The Labute approximate surface area is 76.4 Å². The molecule has 1 saturated heterocycles. The Morgan fingerprint density at radius 3 is 2.23 bits per heavy atom. The van der Waals surface area contributed by atoms with Crippen molar-refractivity contribution >= 4 is 16.0 Å². The van der Waals surface area contributed by atoms with Gasteiger partial charge in [-0.25, -0.2) is 8.42 Å². The van der Waals surface area contributed by atoms with Gasteiger partial charge in [-0.1, -0.05) is 0 Å². The Balaban J connectivity index is 2.13. The Kier molecular flexibility index (Phi) is 1.85. The molecule has 1 aliphatic heterocycles. The van der Waals surface area contributed by atoms with Crippen molar-refractivity contribution in [2.24, 2.45) is 0 Å². The normalized spacial score (nSPS) is 29.7. The number of carboxylic acid groups (broad SMARTS) is 1. The summed E-state index contributed by atoms with van der Waals surface area (Å²) < 4.78 is 24.2. The highest BCUT2D eigenvalue weighted by Crippen LogP contribution is 2.35. The van der Waals surface area contributed by atoms with Gasteiger partial charge >= 0.3 is 5.97 Å². The van der Waals surface area contributed by atoms with Gasteiger partial charge in [-0.05, 0) is 19.3 Å². The second-order valence-corrected chi connectivity index (χ2v) is 5.66. The predicted molar refractivity (Wildman–Crippen MR) is 44.7 cm³/mol. The largest absolute Gasteiger partial charge is 0.480 e. The molecule has 0 aromatic rings. The van der Waals surface area contributed by atoms with Gasteiger partial charge in [-0.3, -0.25) is 4.79 Å². The van der Waals surface area contributed by atoms with Crippen LogP contribution in [0.4, 0.5) is 0 Å². The molecule has 0 radical (unpaired) electrons. The fraction of sp³-hybridized carbons (Fsp3) is 0.857. The van der Waals surface area contributed by atoms with Crippen LogP contribution in [-0.4, -0.2) is 41.6 Å². The van der Waals surface area contributed by atoms with Crippen molar-refractivity contribution < 1.29 is 18.3 Å². The molecule has 13 heavy (non-hydrogen) atoms. The molecule has 2 aliphatic rings. The lowest BCUT2D eigenvalue weighted by Crippen LogP contribution is -2.55. The maximum absolute atomic E-state index is 11.6. The van der Waals surface area contributed by atoms with E-state index >= 15 is 0 Å². The average Bonchev–Trinajstić information content (AvgIpc) is 2.59. The Morgan fingerprint density at radius 1 is 1.31 bits per heavy atom. The first-order valence-electron chi connectivity index (χ1n) is 4.27. The van der Waals surface area contributed by atoms with Crippen molar-refractivity contribution in [3.05, 3.63) is 0 Å². The summed E-state index contributed by atoms with van der Waals surface area (Å²) in [6, 6.07) is -0.800. The minimum Gasteiger partial charge on any atom is -0.480 e. The summed E-state index contributed by atoms with van der Waals surface area (Å²) >= 11 is 0. The second-order valence-electron chi connectivity index (χ2n) is 3.50. The minimum absolute atomic E-state index is 0.297. The van der Waals surface area contributed by atoms with Crippen LogP contribution in [0.15, 0.2) is 0 Å². The van der Waals surface area contributed by atoms with Crippen LogP contribution in [0.25, 0.3) is 0 Å². The van der Waals surface area contributed by atoms with Gasteiger partial charge < -0.3 is 5.11 Å². The van der Waals surface area contributed by atoms with E-state index in [2.05, 4.69) is 0 Å². The van der Waals surface area contributed by atoms with Crippen LogP contribution < -0.4 is 0 Å². The highest BCUT2D eigenvalue weighted by atomic mass is 32.2. The molecule has 0 amide bonds. The van der Waals surface area contributed by atoms with E-state index in [4.69, 9.17) is 5.11 Å². The van der Waals surface area contributed by atoms with Gasteiger partial charge in [0.25, 0.3) is 0 Å². The van der Waals surface area contributed by atoms with E-state index in [1.54, 1.807) is 0 Å². The van der Waals surface area contributed by atoms with Gasteiger partial charge in [0.2, 0.25) is 10.0 Å². The van der Waals surface area contributed by atoms with Crippen molar-refractivity contribution in [2.45, 2.75) is 30.6 Å². The van der Waals surface area contributed by atoms with Crippen LogP contribution in [0.2, 0.25) is 0 Å². The summed E-state index contributed by atoms with van der Waals surface area (Å²) in [5.74, 6) is -1.03. The molecule has 0 aromatic heterocycles. The number of carbonyl (C=O) groups is 1. The Morgan fingerprint density at radius 2 is 1.92 bits per heavy atom. The number of rotatable bonds is 3. The van der Waals surface area contributed by atoms with Crippen LogP contribution in [0, 0.1) is 0 Å². The topological polar surface area (TPSA) is 74.7 Å². The predicted octanol–water partition coefficient (Wildman–Crippen LogP) is -0.362. The minimum atomic E-state index is -3.27. The van der Waals surface area contributed by atoms with Crippen molar-refractivity contribution in [1.29, 1.82) is 0 Å². The molecule has 1 heterocycles. The van der Waals surface area contributed by atoms with Gasteiger partial charge in [-0.2, -0.15) is 4.31 Å². The molecule has 2 fully saturated rings. The molecule has 74 valence electrons. The second kappa shape index (κ2) is 2.68. The first-order chi connectivity index (χ1) is 6.03. The Bertz CT molecular complexity index is 332. The third kappa shape index (κ3) is 1.34. The van der Waals surface area contributed by atoms with E-state index in [1.165, 1.54) is 0 Å². The van der Waals surface area contributed by atoms with Gasteiger partial charge in [-0.15, -0.1) is 0 Å². The number of hydrogen-bond acceptors (Lipinski definition) is 3. The van der Waals surface area contributed by atoms with Gasteiger partial charge in [0.1, 0.15) is 6.04 Å². The quantitative estimate of drug-likeness (QED) is 0.682. The van der Waals surface area contributed by atoms with Crippen LogP contribution in [0.3, 0.4) is 0 Å². The first kappa shape index (κ1) is 8.96. The molecule has 1 N–H and O–H groups in total. The molecule has 2 rings (SSSR count). The molecule has 0 bridgehead atoms. The van der Waals surface area contributed by atoms with E-state index in [1.807, 2.05) is 0 Å². The van der Waals surface area contributed by atoms with Gasteiger partial charge in [0.15, 0.2) is 0 Å². The van der Waals surface area contributed by atoms with Crippen LogP contribution >= 0.6 is 0 Å². The maximum Gasteiger partial charge on any atom is 0.322 e. The molecular weight excluding hydrogens is 194 g/mol. The summed E-state index contributed by atoms with van der Waals surface area (Å²) in [5, 5.41) is 8.37. The van der Waals surface area contributed by atoms with Crippen LogP contribution in [0.1, 0.15) is 19.3 Å². The summed E-state index contributed by atoms with van der Waals surface area (Å²) in [4.78, 5) is 10.6. The summed E-state index contributed by atoms with van der Waals surface area (Å²) in [5.41, 5.74) is 0. The summed E-state index contributed by atoms with van der Waals surface area (Å²) in [6.07, 6.45) is 1.82. The van der Waals surface area contributed by atoms with E-state index in [-0.39, 0.29) is 5.25 Å². The zero-order chi connectivity index (χ0) is 9.64. The molecule has 6 heteroatoms. The molecule has 1 saturated carbocycles. The fourth-order valence-corrected chi connectivity index (χ4v) is 3.50. The number of carboxylic acids is 1. The lowest BCUT2D eigenvalue weighted by atomic mass is 10.1. The Hall–Kier alpha value is -0.620. The lowest BCUT2D eigenvalue weighted by molar-refractivity contribution is -0.144. The zero-order valence-corrected chi connectivity index (χ0v) is 7.83. The summed E-state index contributed by atoms with van der Waals surface area (Å²) in [7, 11) is -3.27. The molecular formula is C7H11NO4S. The van der Waals surface area contributed by atoms with Crippen molar-refractivity contribution in [3.8, 4) is 0 Å². The molecule has 5 nitrogen and oxygen atoms in total. The monoisotopic (exact) mass is 205 g/mol. The van der Waals surface area contributed by atoms with E-state index in [0.29, 0.717) is 25.8 Å². The lowest BCUT2D eigenvalue weighted by Gasteiger charge is -2.36. The van der Waals surface area contributed by atoms with E-state index in [0.717, 1.165) is 4.31 Å². The van der Waals surface area contributed by atoms with Crippen molar-refractivity contribution in [2.75, 3.05) is 6.54 Å². The third-order valence-corrected chi connectivity index (χ3v) is 4.93. The maximum atomic E-state index is 11.6. The van der Waals surface area contributed by atoms with Gasteiger partial charge in [0, 0.05) is 6.54 Å². The van der Waals surface area contributed by atoms with Gasteiger partial charge in [0.05, 0.1) is 5.25 Å². The van der Waals surface area contributed by atoms with Crippen molar-refractivity contribution in [1.82, 2.24) is 4.31 Å². The number of hydrogen-bond donors (Lipinski definition) is 1. The zero-order valence-electron chi connectivity index (χ0n) is 7.01. The van der Waals surface area contributed by atoms with Crippen LogP contribution in [-0.2, 0) is 14.8 Å². The number of nitrogens with zero attached hydrogens (tertiary/aromatic N) is 1. The van der Waals surface area contributed by atoms with Crippen LogP contribution in [0.5, 0.6) is 0 Å². The molecule has 1 atom stereocenters. The van der Waals surface area contributed by atoms with Crippen molar-refractivity contribution in [3.63, 3.8) is 0 Å². The molecule has 0 aromatic carbocycles. The van der Waals surface area contributed by atoms with E-state index < -0.39 is 22.0 Å². The first-order valence-corrected chi connectivity index (χ1v) is 5.77. The highest BCUT2D eigenvalue weighted by molar-refractivity contribution is 7.90. The summed E-state index contributed by atoms with van der Waals surface area (Å²) in [6.45, 7) is 0.371. The third-order valence-electron chi connectivity index (χ3n) is 2.53. The number of sulfonamides is 1. The average molecular weight is 205 g/mol. The van der Waals surface area contributed by atoms with E-state index in [9.17, 15) is 13.2 Å². The SMILES string of the molecule is O=C(O)[C@@H]1CCN1S(=O)(=O)C1CC1. The smallest absolute Gasteiger partial charge is 0.322 e. The fourth-order valence-electron chi connectivity index (χ4n) is 1.47.